The van der Waals surface area contributed by atoms with Gasteiger partial charge in [-0.05, 0) is 48.8 Å². The number of hydrogen-bond donors (Lipinski definition) is 2. The van der Waals surface area contributed by atoms with Crippen LogP contribution in [0.3, 0.4) is 0 Å². The maximum absolute atomic E-state index is 13.0. The largest absolute Gasteiger partial charge is 0.481 e. The maximum atomic E-state index is 13.0. The molecule has 0 saturated heterocycles. The van der Waals surface area contributed by atoms with E-state index in [1.165, 1.54) is 34.2 Å². The van der Waals surface area contributed by atoms with Gasteiger partial charge in [-0.1, -0.05) is 42.1 Å². The minimum absolute atomic E-state index is 0.0204. The Bertz CT molecular complexity index is 1060. The monoisotopic (exact) mass is 456 g/mol. The fourth-order valence-electron chi connectivity index (χ4n) is 3.78. The fourth-order valence-corrected chi connectivity index (χ4v) is 5.38. The number of aliphatic carboxylic acids is 1. The summed E-state index contributed by atoms with van der Waals surface area (Å²) >= 11 is 2.83. The Hall–Kier alpha value is -2.65. The van der Waals surface area contributed by atoms with E-state index in [9.17, 15) is 9.59 Å². The first kappa shape index (κ1) is 21.6. The molecule has 9 heteroatoms. The molecular weight excluding hydrogens is 432 g/mol. The van der Waals surface area contributed by atoms with Gasteiger partial charge in [0.2, 0.25) is 5.91 Å². The number of aryl methyl sites for hydroxylation is 1. The number of carbonyl (C=O) groups excluding carboxylic acids is 1. The molecule has 1 aromatic carbocycles. The maximum Gasteiger partial charge on any atom is 0.305 e. The van der Waals surface area contributed by atoms with Crippen LogP contribution in [-0.4, -0.2) is 37.0 Å². The Labute approximate surface area is 188 Å². The summed E-state index contributed by atoms with van der Waals surface area (Å²) < 4.78 is 1.80. The van der Waals surface area contributed by atoms with Crippen LogP contribution < -0.4 is 5.32 Å². The minimum Gasteiger partial charge on any atom is -0.481 e. The Balaban J connectivity index is 1.48. The van der Waals surface area contributed by atoms with E-state index >= 15 is 0 Å². The SMILES string of the molecule is C[C@@H](Sc1nnc(-c2cccs2)n1CCC(=O)O)C(=O)N[C@@H]1CCCc2ccccc21. The van der Waals surface area contributed by atoms with Gasteiger partial charge >= 0.3 is 5.97 Å². The zero-order chi connectivity index (χ0) is 21.8. The van der Waals surface area contributed by atoms with E-state index in [1.54, 1.807) is 4.57 Å². The van der Waals surface area contributed by atoms with Gasteiger partial charge in [-0.3, -0.25) is 9.59 Å². The zero-order valence-electron chi connectivity index (χ0n) is 17.2. The third kappa shape index (κ3) is 4.99. The molecule has 4 rings (SSSR count). The lowest BCUT2D eigenvalue weighted by Crippen LogP contribution is -2.36. The normalized spacial score (nSPS) is 16.5. The number of hydrogen-bond acceptors (Lipinski definition) is 6. The molecule has 7 nitrogen and oxygen atoms in total. The molecule has 0 fully saturated rings. The molecule has 0 saturated carbocycles. The van der Waals surface area contributed by atoms with Crippen LogP contribution in [0.4, 0.5) is 0 Å². The zero-order valence-corrected chi connectivity index (χ0v) is 18.8. The molecule has 0 radical (unpaired) electrons. The minimum atomic E-state index is -0.886. The van der Waals surface area contributed by atoms with Crippen molar-refractivity contribution in [2.24, 2.45) is 0 Å². The van der Waals surface area contributed by atoms with Crippen LogP contribution in [0.2, 0.25) is 0 Å². The Kier molecular flexibility index (Phi) is 6.72. The van der Waals surface area contributed by atoms with Gasteiger partial charge in [0.15, 0.2) is 11.0 Å². The third-order valence-electron chi connectivity index (χ3n) is 5.35. The second kappa shape index (κ2) is 9.65. The van der Waals surface area contributed by atoms with Crippen molar-refractivity contribution in [3.8, 4) is 10.7 Å². The first-order valence-corrected chi connectivity index (χ1v) is 12.0. The standard InChI is InChI=1S/C22H24N4O3S2/c1-14(21(29)23-17-9-4-7-15-6-2-3-8-16(15)17)31-22-25-24-20(18-10-5-13-30-18)26(22)12-11-19(27)28/h2-3,5-6,8,10,13-14,17H,4,7,9,11-12H2,1H3,(H,23,29)(H,27,28)/t14-,17-/m1/s1. The summed E-state index contributed by atoms with van der Waals surface area (Å²) in [5.74, 6) is -0.312. The van der Waals surface area contributed by atoms with Gasteiger partial charge in [0.25, 0.3) is 0 Å². The van der Waals surface area contributed by atoms with Crippen LogP contribution in [0.1, 0.15) is 43.4 Å². The number of amides is 1. The number of carbonyl (C=O) groups is 2. The molecule has 2 atom stereocenters. The van der Waals surface area contributed by atoms with Crippen LogP contribution in [0.25, 0.3) is 10.7 Å². The highest BCUT2D eigenvalue weighted by Crippen LogP contribution is 2.32. The molecule has 0 unspecified atom stereocenters. The topological polar surface area (TPSA) is 97.1 Å². The van der Waals surface area contributed by atoms with Crippen molar-refractivity contribution in [3.63, 3.8) is 0 Å². The molecule has 1 aliphatic rings. The highest BCUT2D eigenvalue weighted by atomic mass is 32.2. The molecule has 2 aromatic heterocycles. The first-order chi connectivity index (χ1) is 15.0. The number of benzene rings is 1. The second-order valence-electron chi connectivity index (χ2n) is 7.49. The van der Waals surface area contributed by atoms with Gasteiger partial charge in [0, 0.05) is 6.54 Å². The summed E-state index contributed by atoms with van der Waals surface area (Å²) in [7, 11) is 0. The van der Waals surface area contributed by atoms with Crippen molar-refractivity contribution in [1.82, 2.24) is 20.1 Å². The predicted octanol–water partition coefficient (Wildman–Crippen LogP) is 4.16. The molecule has 0 spiro atoms. The number of carboxylic acid groups (broad SMARTS) is 1. The van der Waals surface area contributed by atoms with Gasteiger partial charge in [0.1, 0.15) is 0 Å². The lowest BCUT2D eigenvalue weighted by Gasteiger charge is -2.27. The Morgan fingerprint density at radius 3 is 2.90 bits per heavy atom. The smallest absolute Gasteiger partial charge is 0.305 e. The molecule has 162 valence electrons. The lowest BCUT2D eigenvalue weighted by atomic mass is 9.88. The Morgan fingerprint density at radius 2 is 2.13 bits per heavy atom. The molecule has 2 heterocycles. The highest BCUT2D eigenvalue weighted by molar-refractivity contribution is 8.00. The van der Waals surface area contributed by atoms with E-state index in [2.05, 4.69) is 27.6 Å². The quantitative estimate of drug-likeness (QED) is 0.494. The number of aromatic nitrogens is 3. The van der Waals surface area contributed by atoms with E-state index in [-0.39, 0.29) is 24.9 Å². The van der Waals surface area contributed by atoms with Crippen LogP contribution in [0.5, 0.6) is 0 Å². The van der Waals surface area contributed by atoms with Crippen molar-refractivity contribution in [2.75, 3.05) is 0 Å². The van der Waals surface area contributed by atoms with E-state index in [1.807, 2.05) is 36.6 Å². The molecule has 2 N–H and O–H groups in total. The summed E-state index contributed by atoms with van der Waals surface area (Å²) in [6.45, 7) is 2.10. The second-order valence-corrected chi connectivity index (χ2v) is 9.75. The Morgan fingerprint density at radius 1 is 1.29 bits per heavy atom. The molecule has 1 amide bonds. The number of carboxylic acids is 1. The number of thiophene rings is 1. The highest BCUT2D eigenvalue weighted by Gasteiger charge is 2.26. The van der Waals surface area contributed by atoms with Gasteiger partial charge < -0.3 is 15.0 Å². The van der Waals surface area contributed by atoms with Gasteiger partial charge in [-0.2, -0.15) is 0 Å². The molecule has 0 aliphatic heterocycles. The fraction of sp³-hybridized carbons (Fsp3) is 0.364. The van der Waals surface area contributed by atoms with E-state index in [0.717, 1.165) is 24.1 Å². The van der Waals surface area contributed by atoms with Crippen LogP contribution in [0, 0.1) is 0 Å². The number of nitrogens with one attached hydrogen (secondary N) is 1. The molecule has 3 aromatic rings. The van der Waals surface area contributed by atoms with Crippen LogP contribution in [-0.2, 0) is 22.6 Å². The molecule has 0 bridgehead atoms. The van der Waals surface area contributed by atoms with Crippen molar-refractivity contribution in [2.45, 2.75) is 55.6 Å². The van der Waals surface area contributed by atoms with Crippen LogP contribution >= 0.6 is 23.1 Å². The average molecular weight is 457 g/mol. The predicted molar refractivity (Wildman–Crippen MR) is 121 cm³/mol. The average Bonchev–Trinajstić information content (AvgIpc) is 3.42. The molecule has 31 heavy (non-hydrogen) atoms. The van der Waals surface area contributed by atoms with Gasteiger partial charge in [-0.25, -0.2) is 0 Å². The number of thioether (sulfide) groups is 1. The summed E-state index contributed by atoms with van der Waals surface area (Å²) in [6.07, 6.45) is 2.99. The molecule has 1 aliphatic carbocycles. The van der Waals surface area contributed by atoms with Crippen molar-refractivity contribution in [1.29, 1.82) is 0 Å². The number of fused-ring (bicyclic) bond motifs is 1. The van der Waals surface area contributed by atoms with Crippen molar-refractivity contribution >= 4 is 35.0 Å². The van der Waals surface area contributed by atoms with Crippen molar-refractivity contribution in [3.05, 3.63) is 52.9 Å². The van der Waals surface area contributed by atoms with Gasteiger partial charge in [-0.15, -0.1) is 21.5 Å². The number of nitrogens with zero attached hydrogens (tertiary/aromatic N) is 3. The lowest BCUT2D eigenvalue weighted by molar-refractivity contribution is -0.137. The van der Waals surface area contributed by atoms with E-state index < -0.39 is 11.2 Å². The first-order valence-electron chi connectivity index (χ1n) is 10.3. The summed E-state index contributed by atoms with van der Waals surface area (Å²) in [5.41, 5.74) is 2.50. The summed E-state index contributed by atoms with van der Waals surface area (Å²) in [6, 6.07) is 12.1. The molecular formula is C22H24N4O3S2. The van der Waals surface area contributed by atoms with Gasteiger partial charge in [0.05, 0.1) is 22.6 Å². The third-order valence-corrected chi connectivity index (χ3v) is 7.29. The number of rotatable bonds is 8. The van der Waals surface area contributed by atoms with E-state index in [4.69, 9.17) is 5.11 Å². The van der Waals surface area contributed by atoms with Crippen LogP contribution in [0.15, 0.2) is 46.9 Å². The van der Waals surface area contributed by atoms with Crippen molar-refractivity contribution < 1.29 is 14.7 Å². The summed E-state index contributed by atoms with van der Waals surface area (Å²) in [5, 5.41) is 23.0. The summed E-state index contributed by atoms with van der Waals surface area (Å²) in [4.78, 5) is 25.0. The van der Waals surface area contributed by atoms with E-state index in [0.29, 0.717) is 11.0 Å².